The minimum Gasteiger partial charge on any atom is -0.392 e. The Labute approximate surface area is 127 Å². The molecule has 0 aliphatic carbocycles. The zero-order valence-electron chi connectivity index (χ0n) is 12.1. The molecule has 2 aromatic rings. The summed E-state index contributed by atoms with van der Waals surface area (Å²) in [5.74, 6) is -0.352. The van der Waals surface area contributed by atoms with Crippen LogP contribution in [-0.2, 0) is 6.61 Å². The van der Waals surface area contributed by atoms with Crippen molar-refractivity contribution in [2.75, 3.05) is 36.0 Å². The molecule has 0 radical (unpaired) electrons. The summed E-state index contributed by atoms with van der Waals surface area (Å²) in [6, 6.07) is 8.52. The molecule has 1 aliphatic rings. The molecule has 0 atom stereocenters. The van der Waals surface area contributed by atoms with E-state index in [4.69, 9.17) is 5.11 Å². The number of nitrogens with zero attached hydrogens (tertiary/aromatic N) is 2. The van der Waals surface area contributed by atoms with Crippen LogP contribution in [0.25, 0.3) is 0 Å². The van der Waals surface area contributed by atoms with Gasteiger partial charge in [-0.3, -0.25) is 4.79 Å². The number of hydrogen-bond acceptors (Lipinski definition) is 4. The predicted octanol–water partition coefficient (Wildman–Crippen LogP) is 1.33. The molecule has 0 saturated carbocycles. The number of rotatable bonds is 3. The zero-order valence-corrected chi connectivity index (χ0v) is 12.1. The van der Waals surface area contributed by atoms with Crippen molar-refractivity contribution in [1.82, 2.24) is 4.98 Å². The third kappa shape index (κ3) is 2.82. The Hall–Kier alpha value is -2.34. The summed E-state index contributed by atoms with van der Waals surface area (Å²) in [6.45, 7) is 2.46. The van der Waals surface area contributed by atoms with Gasteiger partial charge in [0.15, 0.2) is 5.82 Å². The van der Waals surface area contributed by atoms with Crippen LogP contribution in [0.5, 0.6) is 0 Å². The molecule has 0 spiro atoms. The standard InChI is InChI=1S/C16H18FN3O2/c17-16-12(11-21)2-1-3-14(16)20-8-6-19(7-9-20)13-4-5-18-15(22)10-13/h1-5,10,21H,6-9,11H2,(H,18,22). The number of halogens is 1. The van der Waals surface area contributed by atoms with Crippen LogP contribution < -0.4 is 15.4 Å². The highest BCUT2D eigenvalue weighted by atomic mass is 19.1. The monoisotopic (exact) mass is 303 g/mol. The van der Waals surface area contributed by atoms with Crippen LogP contribution in [0.15, 0.2) is 41.3 Å². The van der Waals surface area contributed by atoms with Gasteiger partial charge in [0.1, 0.15) is 0 Å². The summed E-state index contributed by atoms with van der Waals surface area (Å²) in [5.41, 5.74) is 1.60. The van der Waals surface area contributed by atoms with Crippen molar-refractivity contribution in [3.63, 3.8) is 0 Å². The lowest BCUT2D eigenvalue weighted by Gasteiger charge is -2.37. The number of aromatic amines is 1. The highest BCUT2D eigenvalue weighted by Gasteiger charge is 2.20. The second-order valence-electron chi connectivity index (χ2n) is 5.29. The van der Waals surface area contributed by atoms with E-state index in [0.29, 0.717) is 37.4 Å². The van der Waals surface area contributed by atoms with Gasteiger partial charge < -0.3 is 19.9 Å². The van der Waals surface area contributed by atoms with E-state index < -0.39 is 0 Å². The van der Waals surface area contributed by atoms with E-state index in [0.717, 1.165) is 5.69 Å². The van der Waals surface area contributed by atoms with E-state index in [1.807, 2.05) is 11.0 Å². The SMILES string of the molecule is O=c1cc(N2CCN(c3cccc(CO)c3F)CC2)cc[nH]1. The maximum absolute atomic E-state index is 14.3. The van der Waals surface area contributed by atoms with E-state index in [1.54, 1.807) is 30.5 Å². The number of aliphatic hydroxyl groups excluding tert-OH is 1. The van der Waals surface area contributed by atoms with Crippen molar-refractivity contribution in [2.45, 2.75) is 6.61 Å². The molecule has 1 aliphatic heterocycles. The van der Waals surface area contributed by atoms with Crippen LogP contribution in [0.4, 0.5) is 15.8 Å². The number of nitrogens with one attached hydrogen (secondary N) is 1. The minimum atomic E-state index is -0.352. The topological polar surface area (TPSA) is 59.6 Å². The fourth-order valence-electron chi connectivity index (χ4n) is 2.77. The van der Waals surface area contributed by atoms with Gasteiger partial charge in [-0.2, -0.15) is 0 Å². The van der Waals surface area contributed by atoms with E-state index >= 15 is 0 Å². The van der Waals surface area contributed by atoms with Gasteiger partial charge in [-0.25, -0.2) is 4.39 Å². The van der Waals surface area contributed by atoms with Crippen molar-refractivity contribution < 1.29 is 9.50 Å². The lowest BCUT2D eigenvalue weighted by atomic mass is 10.1. The smallest absolute Gasteiger partial charge is 0.249 e. The quantitative estimate of drug-likeness (QED) is 0.898. The second-order valence-corrected chi connectivity index (χ2v) is 5.29. The third-order valence-electron chi connectivity index (χ3n) is 3.97. The molecule has 1 saturated heterocycles. The normalized spacial score (nSPS) is 15.2. The molecule has 2 N–H and O–H groups in total. The number of benzene rings is 1. The van der Waals surface area contributed by atoms with Gasteiger partial charge in [-0.15, -0.1) is 0 Å². The molecule has 3 rings (SSSR count). The fraction of sp³-hybridized carbons (Fsp3) is 0.312. The number of anilines is 2. The summed E-state index contributed by atoms with van der Waals surface area (Å²) in [5, 5.41) is 9.16. The lowest BCUT2D eigenvalue weighted by molar-refractivity contribution is 0.276. The van der Waals surface area contributed by atoms with Crippen LogP contribution in [0.1, 0.15) is 5.56 Å². The summed E-state index contributed by atoms with van der Waals surface area (Å²) in [7, 11) is 0. The highest BCUT2D eigenvalue weighted by Crippen LogP contribution is 2.24. The number of aliphatic hydroxyl groups is 1. The van der Waals surface area contributed by atoms with Crippen molar-refractivity contribution >= 4 is 11.4 Å². The molecule has 5 nitrogen and oxygen atoms in total. The lowest BCUT2D eigenvalue weighted by Crippen LogP contribution is -2.47. The molecule has 116 valence electrons. The number of hydrogen-bond donors (Lipinski definition) is 2. The van der Waals surface area contributed by atoms with E-state index in [2.05, 4.69) is 9.88 Å². The van der Waals surface area contributed by atoms with Crippen LogP contribution in [0.2, 0.25) is 0 Å². The second kappa shape index (κ2) is 6.19. The number of aromatic nitrogens is 1. The summed E-state index contributed by atoms with van der Waals surface area (Å²) in [4.78, 5) is 18.0. The van der Waals surface area contributed by atoms with Gasteiger partial charge in [0, 0.05) is 49.7 Å². The van der Waals surface area contributed by atoms with Crippen molar-refractivity contribution in [2.24, 2.45) is 0 Å². The molecule has 22 heavy (non-hydrogen) atoms. The van der Waals surface area contributed by atoms with Crippen LogP contribution in [0, 0.1) is 5.82 Å². The largest absolute Gasteiger partial charge is 0.392 e. The average molecular weight is 303 g/mol. The fourth-order valence-corrected chi connectivity index (χ4v) is 2.77. The summed E-state index contributed by atoms with van der Waals surface area (Å²) >= 11 is 0. The molecule has 1 aromatic heterocycles. The zero-order chi connectivity index (χ0) is 15.5. The summed E-state index contributed by atoms with van der Waals surface area (Å²) in [6.07, 6.45) is 1.63. The molecule has 2 heterocycles. The van der Waals surface area contributed by atoms with E-state index in [9.17, 15) is 9.18 Å². The Morgan fingerprint density at radius 2 is 1.86 bits per heavy atom. The van der Waals surface area contributed by atoms with Crippen LogP contribution in [-0.4, -0.2) is 36.3 Å². The number of piperazine rings is 1. The molecular formula is C16H18FN3O2. The van der Waals surface area contributed by atoms with E-state index in [-0.39, 0.29) is 18.0 Å². The Morgan fingerprint density at radius 3 is 2.55 bits per heavy atom. The van der Waals surface area contributed by atoms with Crippen LogP contribution >= 0.6 is 0 Å². The first-order valence-corrected chi connectivity index (χ1v) is 7.26. The highest BCUT2D eigenvalue weighted by molar-refractivity contribution is 5.53. The maximum Gasteiger partial charge on any atom is 0.249 e. The van der Waals surface area contributed by atoms with Gasteiger partial charge in [0.25, 0.3) is 0 Å². The molecule has 0 amide bonds. The van der Waals surface area contributed by atoms with Crippen molar-refractivity contribution in [1.29, 1.82) is 0 Å². The number of H-pyrrole nitrogens is 1. The first-order chi connectivity index (χ1) is 10.7. The minimum absolute atomic E-state index is 0.123. The Bertz CT molecular complexity index is 709. The predicted molar refractivity (Wildman–Crippen MR) is 83.8 cm³/mol. The van der Waals surface area contributed by atoms with Crippen molar-refractivity contribution in [3.8, 4) is 0 Å². The number of pyridine rings is 1. The summed E-state index contributed by atoms with van der Waals surface area (Å²) < 4.78 is 14.3. The first-order valence-electron chi connectivity index (χ1n) is 7.26. The van der Waals surface area contributed by atoms with Crippen molar-refractivity contribution in [3.05, 3.63) is 58.3 Å². The Kier molecular flexibility index (Phi) is 4.11. The Morgan fingerprint density at radius 1 is 1.14 bits per heavy atom. The average Bonchev–Trinajstić information content (AvgIpc) is 2.55. The maximum atomic E-state index is 14.3. The van der Waals surface area contributed by atoms with Gasteiger partial charge in [-0.05, 0) is 12.1 Å². The van der Waals surface area contributed by atoms with E-state index in [1.165, 1.54) is 0 Å². The molecule has 0 unspecified atom stereocenters. The molecule has 0 bridgehead atoms. The van der Waals surface area contributed by atoms with Gasteiger partial charge >= 0.3 is 0 Å². The van der Waals surface area contributed by atoms with Crippen LogP contribution in [0.3, 0.4) is 0 Å². The Balaban J connectivity index is 1.73. The molecule has 1 fully saturated rings. The molecule has 6 heteroatoms. The van der Waals surface area contributed by atoms with Gasteiger partial charge in [-0.1, -0.05) is 12.1 Å². The first kappa shape index (κ1) is 14.6. The molecule has 1 aromatic carbocycles. The van der Waals surface area contributed by atoms with Gasteiger partial charge in [0.05, 0.1) is 12.3 Å². The third-order valence-corrected chi connectivity index (χ3v) is 3.97. The van der Waals surface area contributed by atoms with Gasteiger partial charge in [0.2, 0.25) is 5.56 Å². The molecular weight excluding hydrogens is 285 g/mol.